The maximum atomic E-state index is 14.3. The minimum Gasteiger partial charge on any atom is -0.338 e. The van der Waals surface area contributed by atoms with Crippen LogP contribution in [0.5, 0.6) is 0 Å². The molecule has 0 N–H and O–H groups in total. The Bertz CT molecular complexity index is 789. The Morgan fingerprint density at radius 2 is 1.92 bits per heavy atom. The smallest absolute Gasteiger partial charge is 0.338 e. The Labute approximate surface area is 147 Å². The number of benzene rings is 1. The van der Waals surface area contributed by atoms with E-state index in [0.29, 0.717) is 6.54 Å². The molecular formula is C16H18F4N4O2. The molecule has 1 aromatic heterocycles. The molecule has 142 valence electrons. The van der Waals surface area contributed by atoms with E-state index < -0.39 is 29.6 Å². The Morgan fingerprint density at radius 3 is 2.42 bits per heavy atom. The standard InChI is InChI=1S/C16H18F4N4O2/c1-9(8-23(2)3)24(4)14(25)11-6-5-10(7-12(11)17)13-21-15(26-22-13)16(18,19)20/h5-7,9H,8H2,1-4H3. The van der Waals surface area contributed by atoms with Gasteiger partial charge in [0.15, 0.2) is 0 Å². The van der Waals surface area contributed by atoms with Gasteiger partial charge >= 0.3 is 12.1 Å². The summed E-state index contributed by atoms with van der Waals surface area (Å²) in [6.07, 6.45) is -4.79. The summed E-state index contributed by atoms with van der Waals surface area (Å²) in [6.45, 7) is 2.41. The van der Waals surface area contributed by atoms with Gasteiger partial charge in [-0.1, -0.05) is 11.2 Å². The molecule has 0 fully saturated rings. The van der Waals surface area contributed by atoms with Crippen LogP contribution in [0.25, 0.3) is 11.4 Å². The monoisotopic (exact) mass is 374 g/mol. The number of hydrogen-bond donors (Lipinski definition) is 0. The highest BCUT2D eigenvalue weighted by atomic mass is 19.4. The van der Waals surface area contributed by atoms with Gasteiger partial charge in [-0.15, -0.1) is 0 Å². The van der Waals surface area contributed by atoms with Crippen LogP contribution in [0.4, 0.5) is 17.6 Å². The van der Waals surface area contributed by atoms with E-state index >= 15 is 0 Å². The fourth-order valence-corrected chi connectivity index (χ4v) is 2.32. The van der Waals surface area contributed by atoms with Crippen molar-refractivity contribution in [3.05, 3.63) is 35.5 Å². The van der Waals surface area contributed by atoms with Crippen molar-refractivity contribution in [2.24, 2.45) is 0 Å². The minimum atomic E-state index is -4.79. The fraction of sp³-hybridized carbons (Fsp3) is 0.438. The Balaban J connectivity index is 2.24. The lowest BCUT2D eigenvalue weighted by Gasteiger charge is -2.27. The maximum Gasteiger partial charge on any atom is 0.471 e. The molecule has 1 amide bonds. The second kappa shape index (κ2) is 7.40. The van der Waals surface area contributed by atoms with Crippen LogP contribution < -0.4 is 0 Å². The summed E-state index contributed by atoms with van der Waals surface area (Å²) in [7, 11) is 5.26. The van der Waals surface area contributed by atoms with E-state index in [2.05, 4.69) is 14.7 Å². The van der Waals surface area contributed by atoms with Crippen LogP contribution in [0, 0.1) is 5.82 Å². The first-order chi connectivity index (χ1) is 12.0. The number of carbonyl (C=O) groups excluding carboxylic acids is 1. The van der Waals surface area contributed by atoms with Gasteiger partial charge in [0.2, 0.25) is 5.82 Å². The molecule has 10 heteroatoms. The molecule has 0 radical (unpaired) electrons. The van der Waals surface area contributed by atoms with Crippen molar-refractivity contribution < 1.29 is 26.9 Å². The number of halogens is 4. The predicted molar refractivity (Wildman–Crippen MR) is 84.8 cm³/mol. The number of nitrogens with zero attached hydrogens (tertiary/aromatic N) is 4. The number of carbonyl (C=O) groups is 1. The van der Waals surface area contributed by atoms with Crippen LogP contribution in [0.2, 0.25) is 0 Å². The quantitative estimate of drug-likeness (QED) is 0.753. The molecule has 6 nitrogen and oxygen atoms in total. The van der Waals surface area contributed by atoms with E-state index in [4.69, 9.17) is 0 Å². The summed E-state index contributed by atoms with van der Waals surface area (Å²) in [5.74, 6) is -3.35. The lowest BCUT2D eigenvalue weighted by Crippen LogP contribution is -2.41. The average Bonchev–Trinajstić information content (AvgIpc) is 3.03. The molecule has 0 saturated heterocycles. The molecule has 0 aliphatic carbocycles. The highest BCUT2D eigenvalue weighted by Crippen LogP contribution is 2.29. The molecule has 0 bridgehead atoms. The molecule has 0 saturated carbocycles. The number of hydrogen-bond acceptors (Lipinski definition) is 5. The molecule has 1 atom stereocenters. The van der Waals surface area contributed by atoms with Gasteiger partial charge < -0.3 is 14.3 Å². The van der Waals surface area contributed by atoms with Crippen LogP contribution in [0.1, 0.15) is 23.2 Å². The fourth-order valence-electron chi connectivity index (χ4n) is 2.32. The third-order valence-corrected chi connectivity index (χ3v) is 3.74. The number of aromatic nitrogens is 2. The number of alkyl halides is 3. The van der Waals surface area contributed by atoms with Gasteiger partial charge in [-0.05, 0) is 33.2 Å². The van der Waals surface area contributed by atoms with Crippen molar-refractivity contribution in [3.63, 3.8) is 0 Å². The second-order valence-electron chi connectivity index (χ2n) is 6.14. The Kier molecular flexibility index (Phi) is 5.65. The van der Waals surface area contributed by atoms with Gasteiger partial charge in [-0.25, -0.2) is 4.39 Å². The molecule has 0 spiro atoms. The van der Waals surface area contributed by atoms with Crippen LogP contribution in [-0.2, 0) is 6.18 Å². The zero-order valence-electron chi connectivity index (χ0n) is 14.6. The van der Waals surface area contributed by atoms with Crippen molar-refractivity contribution in [1.82, 2.24) is 19.9 Å². The number of amides is 1. The summed E-state index contributed by atoms with van der Waals surface area (Å²) in [5.41, 5.74) is -0.219. The van der Waals surface area contributed by atoms with Crippen molar-refractivity contribution in [2.45, 2.75) is 19.1 Å². The van der Waals surface area contributed by atoms with Crippen molar-refractivity contribution in [2.75, 3.05) is 27.7 Å². The van der Waals surface area contributed by atoms with Crippen LogP contribution in [0.15, 0.2) is 22.7 Å². The summed E-state index contributed by atoms with van der Waals surface area (Å²) >= 11 is 0. The van der Waals surface area contributed by atoms with Gasteiger partial charge in [-0.3, -0.25) is 4.79 Å². The minimum absolute atomic E-state index is 0.0257. The third kappa shape index (κ3) is 4.37. The normalized spacial score (nSPS) is 13.1. The van der Waals surface area contributed by atoms with E-state index in [9.17, 15) is 22.4 Å². The number of rotatable bonds is 5. The lowest BCUT2D eigenvalue weighted by atomic mass is 10.1. The lowest BCUT2D eigenvalue weighted by molar-refractivity contribution is -0.159. The molecule has 1 aromatic carbocycles. The first-order valence-electron chi connectivity index (χ1n) is 7.63. The predicted octanol–water partition coefficient (Wildman–Crippen LogP) is 2.92. The summed E-state index contributed by atoms with van der Waals surface area (Å²) in [5, 5.41) is 3.19. The van der Waals surface area contributed by atoms with Crippen LogP contribution >= 0.6 is 0 Å². The Morgan fingerprint density at radius 1 is 1.27 bits per heavy atom. The molecule has 1 heterocycles. The van der Waals surface area contributed by atoms with Crippen molar-refractivity contribution >= 4 is 5.91 Å². The zero-order chi connectivity index (χ0) is 19.6. The van der Waals surface area contributed by atoms with Gasteiger partial charge in [0.1, 0.15) is 5.82 Å². The third-order valence-electron chi connectivity index (χ3n) is 3.74. The summed E-state index contributed by atoms with van der Waals surface area (Å²) < 4.78 is 56.0. The van der Waals surface area contributed by atoms with Crippen molar-refractivity contribution in [3.8, 4) is 11.4 Å². The van der Waals surface area contributed by atoms with Crippen LogP contribution in [0.3, 0.4) is 0 Å². The molecule has 2 rings (SSSR count). The second-order valence-corrected chi connectivity index (χ2v) is 6.14. The molecular weight excluding hydrogens is 356 g/mol. The van der Waals surface area contributed by atoms with Gasteiger partial charge in [0.05, 0.1) is 5.56 Å². The van der Waals surface area contributed by atoms with Crippen LogP contribution in [-0.4, -0.2) is 59.6 Å². The van der Waals surface area contributed by atoms with Gasteiger partial charge in [0, 0.05) is 25.2 Å². The van der Waals surface area contributed by atoms with E-state index in [1.54, 1.807) is 7.05 Å². The molecule has 1 unspecified atom stereocenters. The Hall–Kier alpha value is -2.49. The van der Waals surface area contributed by atoms with Gasteiger partial charge in [0.25, 0.3) is 5.91 Å². The van der Waals surface area contributed by atoms with E-state index in [1.807, 2.05) is 25.9 Å². The van der Waals surface area contributed by atoms with E-state index in [-0.39, 0.29) is 17.2 Å². The van der Waals surface area contributed by atoms with Gasteiger partial charge in [-0.2, -0.15) is 18.2 Å². The first kappa shape index (κ1) is 19.8. The molecule has 2 aromatic rings. The highest BCUT2D eigenvalue weighted by molar-refractivity contribution is 5.95. The zero-order valence-corrected chi connectivity index (χ0v) is 14.6. The summed E-state index contributed by atoms with van der Waals surface area (Å²) in [6, 6.07) is 3.20. The molecule has 26 heavy (non-hydrogen) atoms. The average molecular weight is 374 g/mol. The van der Waals surface area contributed by atoms with E-state index in [1.165, 1.54) is 17.0 Å². The SMILES string of the molecule is CC(CN(C)C)N(C)C(=O)c1ccc(-c2noc(C(F)(F)F)n2)cc1F. The van der Waals surface area contributed by atoms with Crippen molar-refractivity contribution in [1.29, 1.82) is 0 Å². The largest absolute Gasteiger partial charge is 0.471 e. The summed E-state index contributed by atoms with van der Waals surface area (Å²) in [4.78, 5) is 18.9. The highest BCUT2D eigenvalue weighted by Gasteiger charge is 2.38. The number of likely N-dealkylation sites (N-methyl/N-ethyl adjacent to an activating group) is 2. The first-order valence-corrected chi connectivity index (χ1v) is 7.63. The molecule has 0 aliphatic rings. The topological polar surface area (TPSA) is 62.5 Å². The van der Waals surface area contributed by atoms with E-state index in [0.717, 1.165) is 6.07 Å². The molecule has 0 aliphatic heterocycles. The maximum absolute atomic E-state index is 14.3.